The van der Waals surface area contributed by atoms with Gasteiger partial charge in [0.2, 0.25) is 0 Å². The first kappa shape index (κ1) is 14.7. The Labute approximate surface area is 126 Å². The molecule has 0 aromatic heterocycles. The molecule has 1 aromatic rings. The third-order valence-electron chi connectivity index (χ3n) is 2.74. The Morgan fingerprint density at radius 2 is 2.16 bits per heavy atom. The lowest BCUT2D eigenvalue weighted by Gasteiger charge is -2.14. The molecule has 6 nitrogen and oxygen atoms in total. The summed E-state index contributed by atoms with van der Waals surface area (Å²) in [6, 6.07) is 3.12. The monoisotopic (exact) mass is 394 g/mol. The van der Waals surface area contributed by atoms with Gasteiger partial charge in [-0.25, -0.2) is 5.48 Å². The number of benzene rings is 1. The highest BCUT2D eigenvalue weighted by atomic mass is 79.9. The van der Waals surface area contributed by atoms with Crippen molar-refractivity contribution in [2.24, 2.45) is 0 Å². The fourth-order valence-corrected chi connectivity index (χ4v) is 3.36. The first-order valence-corrected chi connectivity index (χ1v) is 7.00. The molecule has 0 aliphatic carbocycles. The minimum Gasteiger partial charge on any atom is -0.494 e. The third kappa shape index (κ3) is 3.09. The van der Waals surface area contributed by atoms with E-state index in [0.29, 0.717) is 5.75 Å². The van der Waals surface area contributed by atoms with Crippen LogP contribution in [0.2, 0.25) is 0 Å². The molecule has 1 aliphatic heterocycles. The molecule has 1 unspecified atom stereocenters. The van der Waals surface area contributed by atoms with Gasteiger partial charge in [0.15, 0.2) is 0 Å². The second-order valence-electron chi connectivity index (χ2n) is 3.93. The zero-order valence-electron chi connectivity index (χ0n) is 9.94. The van der Waals surface area contributed by atoms with Crippen LogP contribution in [0.15, 0.2) is 21.1 Å². The lowest BCUT2D eigenvalue weighted by molar-refractivity contribution is -0.131. The molecular formula is C11H12Br2N2O4. The highest BCUT2D eigenvalue weighted by molar-refractivity contribution is 9.11. The van der Waals surface area contributed by atoms with Crippen LogP contribution in [0.4, 0.5) is 0 Å². The van der Waals surface area contributed by atoms with Crippen molar-refractivity contribution >= 4 is 37.8 Å². The molecule has 19 heavy (non-hydrogen) atoms. The standard InChI is InChI=1S/C11H12Br2N2O4/c1-18-9-6(12)2-5(3-7(9)13)11-14-8(4-19-11)10(16)15-17/h2-3,8,11,14,17H,4H2,1H3,(H,15,16)/t8-,11?/m1/s1. The van der Waals surface area contributed by atoms with Gasteiger partial charge in [-0.1, -0.05) is 0 Å². The van der Waals surface area contributed by atoms with E-state index in [1.165, 1.54) is 0 Å². The molecule has 1 amide bonds. The Kier molecular flexibility index (Phi) is 4.80. The zero-order valence-corrected chi connectivity index (χ0v) is 13.1. The molecule has 0 radical (unpaired) electrons. The molecule has 8 heteroatoms. The van der Waals surface area contributed by atoms with Gasteiger partial charge in [0.1, 0.15) is 18.0 Å². The molecule has 2 rings (SSSR count). The summed E-state index contributed by atoms with van der Waals surface area (Å²) in [6.07, 6.45) is -0.416. The number of hydroxylamine groups is 1. The Morgan fingerprint density at radius 3 is 2.68 bits per heavy atom. The molecule has 104 valence electrons. The minimum atomic E-state index is -0.574. The molecule has 1 fully saturated rings. The predicted molar refractivity (Wildman–Crippen MR) is 73.9 cm³/mol. The van der Waals surface area contributed by atoms with Crippen molar-refractivity contribution in [1.82, 2.24) is 10.8 Å². The van der Waals surface area contributed by atoms with Crippen LogP contribution < -0.4 is 15.5 Å². The number of rotatable bonds is 3. The van der Waals surface area contributed by atoms with Gasteiger partial charge in [0.25, 0.3) is 5.91 Å². The van der Waals surface area contributed by atoms with Gasteiger partial charge in [-0.3, -0.25) is 15.3 Å². The van der Waals surface area contributed by atoms with Crippen LogP contribution in [0.3, 0.4) is 0 Å². The average Bonchev–Trinajstić information content (AvgIpc) is 2.87. The normalized spacial score (nSPS) is 22.3. The average molecular weight is 396 g/mol. The lowest BCUT2D eigenvalue weighted by atomic mass is 10.2. The third-order valence-corrected chi connectivity index (χ3v) is 3.91. The van der Waals surface area contributed by atoms with Crippen molar-refractivity contribution in [2.45, 2.75) is 12.3 Å². The van der Waals surface area contributed by atoms with Crippen molar-refractivity contribution in [2.75, 3.05) is 13.7 Å². The van der Waals surface area contributed by atoms with Crippen LogP contribution >= 0.6 is 31.9 Å². The molecule has 0 saturated carbocycles. The van der Waals surface area contributed by atoms with Gasteiger partial charge in [-0.2, -0.15) is 0 Å². The van der Waals surface area contributed by atoms with Gasteiger partial charge >= 0.3 is 0 Å². The number of hydrogen-bond donors (Lipinski definition) is 3. The second kappa shape index (κ2) is 6.19. The summed E-state index contributed by atoms with van der Waals surface area (Å²) in [4.78, 5) is 11.3. The maximum Gasteiger partial charge on any atom is 0.262 e. The number of halogens is 2. The molecule has 1 heterocycles. The van der Waals surface area contributed by atoms with Crippen LogP contribution in [0, 0.1) is 0 Å². The maximum atomic E-state index is 11.3. The van der Waals surface area contributed by atoms with Crippen molar-refractivity contribution in [3.05, 3.63) is 26.6 Å². The fourth-order valence-electron chi connectivity index (χ4n) is 1.82. The summed E-state index contributed by atoms with van der Waals surface area (Å²) in [5.74, 6) is 0.167. The number of hydrogen-bond acceptors (Lipinski definition) is 5. The summed E-state index contributed by atoms with van der Waals surface area (Å²) >= 11 is 6.81. The minimum absolute atomic E-state index is 0.193. The molecular weight excluding hydrogens is 384 g/mol. The SMILES string of the molecule is COc1c(Br)cc(C2N[C@@H](C(=O)NO)CO2)cc1Br. The number of carbonyl (C=O) groups excluding carboxylic acids is 1. The van der Waals surface area contributed by atoms with Crippen molar-refractivity contribution in [3.63, 3.8) is 0 Å². The van der Waals surface area contributed by atoms with Gasteiger partial charge in [0.05, 0.1) is 22.7 Å². The molecule has 1 aliphatic rings. The van der Waals surface area contributed by atoms with E-state index in [4.69, 9.17) is 14.7 Å². The summed E-state index contributed by atoms with van der Waals surface area (Å²) in [6.45, 7) is 0.193. The van der Waals surface area contributed by atoms with E-state index in [2.05, 4.69) is 37.2 Å². The van der Waals surface area contributed by atoms with E-state index in [0.717, 1.165) is 14.5 Å². The Morgan fingerprint density at radius 1 is 1.53 bits per heavy atom. The smallest absolute Gasteiger partial charge is 0.262 e. The molecule has 0 spiro atoms. The lowest BCUT2D eigenvalue weighted by Crippen LogP contribution is -2.41. The number of methoxy groups -OCH3 is 1. The molecule has 2 atom stereocenters. The second-order valence-corrected chi connectivity index (χ2v) is 5.64. The highest BCUT2D eigenvalue weighted by Crippen LogP contribution is 2.37. The Balaban J connectivity index is 2.18. The van der Waals surface area contributed by atoms with Crippen LogP contribution in [0.1, 0.15) is 11.8 Å². The van der Waals surface area contributed by atoms with Gasteiger partial charge < -0.3 is 9.47 Å². The number of amides is 1. The summed E-state index contributed by atoms with van der Waals surface area (Å²) in [7, 11) is 1.58. The van der Waals surface area contributed by atoms with Crippen LogP contribution in [0.25, 0.3) is 0 Å². The van der Waals surface area contributed by atoms with E-state index >= 15 is 0 Å². The summed E-state index contributed by atoms with van der Waals surface area (Å²) in [5.41, 5.74) is 2.44. The van der Waals surface area contributed by atoms with E-state index in [1.54, 1.807) is 12.6 Å². The Hall–Kier alpha value is -0.670. The maximum absolute atomic E-state index is 11.3. The first-order valence-electron chi connectivity index (χ1n) is 5.41. The van der Waals surface area contributed by atoms with Crippen LogP contribution in [-0.2, 0) is 9.53 Å². The van der Waals surface area contributed by atoms with Gasteiger partial charge in [0, 0.05) is 0 Å². The van der Waals surface area contributed by atoms with Gasteiger partial charge in [-0.05, 0) is 49.6 Å². The molecule has 0 bridgehead atoms. The largest absolute Gasteiger partial charge is 0.494 e. The van der Waals surface area contributed by atoms with Crippen LogP contribution in [-0.4, -0.2) is 30.9 Å². The summed E-state index contributed by atoms with van der Waals surface area (Å²) in [5, 5.41) is 11.6. The molecule has 3 N–H and O–H groups in total. The highest BCUT2D eigenvalue weighted by Gasteiger charge is 2.31. The quantitative estimate of drug-likeness (QED) is 0.536. The Bertz CT molecular complexity index is 475. The first-order chi connectivity index (χ1) is 9.06. The number of carbonyl (C=O) groups is 1. The number of ether oxygens (including phenoxy) is 2. The van der Waals surface area contributed by atoms with E-state index in [1.807, 2.05) is 12.1 Å². The summed E-state index contributed by atoms with van der Waals surface area (Å²) < 4.78 is 12.3. The number of nitrogens with one attached hydrogen (secondary N) is 2. The van der Waals surface area contributed by atoms with E-state index in [9.17, 15) is 4.79 Å². The predicted octanol–water partition coefficient (Wildman–Crippen LogP) is 1.71. The van der Waals surface area contributed by atoms with E-state index < -0.39 is 18.2 Å². The fraction of sp³-hybridized carbons (Fsp3) is 0.364. The van der Waals surface area contributed by atoms with Gasteiger partial charge in [-0.15, -0.1) is 0 Å². The molecule has 1 aromatic carbocycles. The van der Waals surface area contributed by atoms with Crippen molar-refractivity contribution in [1.29, 1.82) is 0 Å². The van der Waals surface area contributed by atoms with Crippen molar-refractivity contribution in [3.8, 4) is 5.75 Å². The van der Waals surface area contributed by atoms with Crippen LogP contribution in [0.5, 0.6) is 5.75 Å². The zero-order chi connectivity index (χ0) is 14.0. The topological polar surface area (TPSA) is 79.8 Å². The molecule has 1 saturated heterocycles. The van der Waals surface area contributed by atoms with E-state index in [-0.39, 0.29) is 6.61 Å². The van der Waals surface area contributed by atoms with Crippen molar-refractivity contribution < 1.29 is 19.5 Å².